The maximum atomic E-state index is 14.5. The SMILES string of the molecule is CC(C)c1c(C(=O)Nc2ccc(OC(=O)CCC(=O)Oc3ccc(-c4cc(=S)ss4)cc3)cc2)c(-c2ccccc2)c(-c2ccc(F)cc2)n1CC[C@@H](O)C[C@@H](O)CC(=O)O. The van der Waals surface area contributed by atoms with E-state index in [2.05, 4.69) is 5.32 Å². The number of carboxylic acid groups (broad SMARTS) is 1. The number of hydrogen-bond donors (Lipinski definition) is 4. The molecule has 0 unspecified atom stereocenters. The van der Waals surface area contributed by atoms with Gasteiger partial charge in [0.1, 0.15) is 21.1 Å². The van der Waals surface area contributed by atoms with Crippen LogP contribution in [0.2, 0.25) is 0 Å². The van der Waals surface area contributed by atoms with Crippen LogP contribution in [0.1, 0.15) is 67.9 Å². The number of esters is 2. The minimum absolute atomic E-state index is 0.122. The molecule has 15 heteroatoms. The molecule has 61 heavy (non-hydrogen) atoms. The molecule has 4 N–H and O–H groups in total. The van der Waals surface area contributed by atoms with E-state index >= 15 is 0 Å². The van der Waals surface area contributed by atoms with E-state index in [4.69, 9.17) is 26.8 Å². The van der Waals surface area contributed by atoms with Crippen LogP contribution < -0.4 is 14.8 Å². The normalized spacial score (nSPS) is 12.2. The van der Waals surface area contributed by atoms with Crippen molar-refractivity contribution in [2.75, 3.05) is 5.32 Å². The number of aliphatic carboxylic acids is 1. The van der Waals surface area contributed by atoms with Crippen molar-refractivity contribution in [3.05, 3.63) is 130 Å². The van der Waals surface area contributed by atoms with E-state index in [-0.39, 0.29) is 43.9 Å². The summed E-state index contributed by atoms with van der Waals surface area (Å²) in [6.07, 6.45) is -3.26. The van der Waals surface area contributed by atoms with Crippen LogP contribution in [-0.2, 0) is 20.9 Å². The van der Waals surface area contributed by atoms with Crippen LogP contribution in [0.15, 0.2) is 109 Å². The molecular formula is C46H43FN2O9S3. The number of aliphatic hydroxyl groups excluding tert-OH is 2. The Kier molecular flexibility index (Phi) is 15.1. The molecule has 0 aliphatic heterocycles. The van der Waals surface area contributed by atoms with Crippen LogP contribution in [0, 0.1) is 9.64 Å². The third-order valence-electron chi connectivity index (χ3n) is 9.61. The summed E-state index contributed by atoms with van der Waals surface area (Å²) < 4.78 is 27.8. The lowest BCUT2D eigenvalue weighted by atomic mass is 9.94. The number of aromatic nitrogens is 1. The van der Waals surface area contributed by atoms with Crippen molar-refractivity contribution < 1.29 is 48.4 Å². The van der Waals surface area contributed by atoms with E-state index in [1.165, 1.54) is 34.6 Å². The van der Waals surface area contributed by atoms with Gasteiger partial charge < -0.3 is 34.7 Å². The molecule has 1 amide bonds. The van der Waals surface area contributed by atoms with Gasteiger partial charge in [0.25, 0.3) is 5.91 Å². The van der Waals surface area contributed by atoms with E-state index in [1.54, 1.807) is 46.7 Å². The Balaban J connectivity index is 1.18. The molecule has 2 atom stereocenters. The first-order valence-electron chi connectivity index (χ1n) is 19.4. The largest absolute Gasteiger partial charge is 0.481 e. The lowest BCUT2D eigenvalue weighted by molar-refractivity contribution is -0.140. The van der Waals surface area contributed by atoms with Crippen molar-refractivity contribution in [2.24, 2.45) is 0 Å². The fourth-order valence-corrected chi connectivity index (χ4v) is 9.32. The van der Waals surface area contributed by atoms with E-state index in [1.807, 2.05) is 66.9 Å². The second-order valence-corrected chi connectivity index (χ2v) is 17.4. The summed E-state index contributed by atoms with van der Waals surface area (Å²) in [5, 5.41) is 33.2. The fraction of sp³-hybridized carbons (Fsp3) is 0.239. The fourth-order valence-electron chi connectivity index (χ4n) is 6.92. The van der Waals surface area contributed by atoms with Crippen molar-refractivity contribution in [1.82, 2.24) is 4.57 Å². The first-order chi connectivity index (χ1) is 29.2. The number of nitrogens with zero attached hydrogens (tertiary/aromatic N) is 1. The van der Waals surface area contributed by atoms with E-state index < -0.39 is 48.3 Å². The Morgan fingerprint density at radius 1 is 0.770 bits per heavy atom. The molecule has 4 aromatic carbocycles. The maximum Gasteiger partial charge on any atom is 0.311 e. The van der Waals surface area contributed by atoms with E-state index in [0.717, 1.165) is 19.8 Å². The number of hydrogen-bond acceptors (Lipinski definition) is 11. The number of ether oxygens (including phenoxy) is 2. The summed E-state index contributed by atoms with van der Waals surface area (Å²) in [5.41, 5.74) is 4.89. The van der Waals surface area contributed by atoms with Crippen LogP contribution in [0.4, 0.5) is 10.1 Å². The molecule has 11 nitrogen and oxygen atoms in total. The topological polar surface area (TPSA) is 164 Å². The lowest BCUT2D eigenvalue weighted by Crippen LogP contribution is -2.22. The molecule has 2 aromatic heterocycles. The first kappa shape index (κ1) is 44.7. The van der Waals surface area contributed by atoms with Crippen LogP contribution in [0.3, 0.4) is 0 Å². The minimum Gasteiger partial charge on any atom is -0.481 e. The third-order valence-corrected chi connectivity index (χ3v) is 12.5. The zero-order valence-corrected chi connectivity index (χ0v) is 35.7. The standard InChI is InChI=1S/C46H43FN2O9S3/c1-27(2)44-43(42(29-6-4-3-5-7-29)45(30-8-12-31(47)13-9-30)49(44)23-22-33(50)24-34(51)25-38(52)53)46(56)48-32-14-18-36(19-15-32)58-40(55)21-20-39(54)57-35-16-10-28(11-17-35)37-26-41(59)61-60-37/h3-19,26-27,33-34,50-51H,20-25H2,1-2H3,(H,48,56)(H,52,53)/t33-,34-/m1/s1. The van der Waals surface area contributed by atoms with Gasteiger partial charge in [-0.15, -0.1) is 0 Å². The van der Waals surface area contributed by atoms with Crippen molar-refractivity contribution >= 4 is 62.4 Å². The molecule has 0 saturated heterocycles. The predicted molar refractivity (Wildman–Crippen MR) is 236 cm³/mol. The molecule has 316 valence electrons. The zero-order valence-electron chi connectivity index (χ0n) is 33.2. The first-order valence-corrected chi connectivity index (χ1v) is 22.0. The number of anilines is 1. The summed E-state index contributed by atoms with van der Waals surface area (Å²) in [4.78, 5) is 51.9. The molecular weight excluding hydrogens is 840 g/mol. The number of benzene rings is 4. The van der Waals surface area contributed by atoms with Gasteiger partial charge in [-0.25, -0.2) is 4.39 Å². The van der Waals surface area contributed by atoms with Crippen LogP contribution in [0.25, 0.3) is 32.8 Å². The molecule has 0 aliphatic rings. The van der Waals surface area contributed by atoms with Gasteiger partial charge in [-0.3, -0.25) is 19.2 Å². The van der Waals surface area contributed by atoms with Gasteiger partial charge in [-0.2, -0.15) is 0 Å². The number of nitrogens with one attached hydrogen (secondary N) is 1. The Bertz CT molecular complexity index is 2530. The lowest BCUT2D eigenvalue weighted by Gasteiger charge is -2.20. The molecule has 0 bridgehead atoms. The van der Waals surface area contributed by atoms with Gasteiger partial charge in [0.15, 0.2) is 0 Å². The Morgan fingerprint density at radius 3 is 1.92 bits per heavy atom. The number of rotatable bonds is 18. The molecule has 0 aliphatic carbocycles. The number of carboxylic acids is 1. The minimum atomic E-state index is -1.24. The predicted octanol–water partition coefficient (Wildman–Crippen LogP) is 10.1. The Labute approximate surface area is 364 Å². The van der Waals surface area contributed by atoms with Crippen LogP contribution in [-0.4, -0.2) is 55.9 Å². The smallest absolute Gasteiger partial charge is 0.311 e. The van der Waals surface area contributed by atoms with Crippen molar-refractivity contribution in [1.29, 1.82) is 0 Å². The molecule has 0 saturated carbocycles. The second-order valence-electron chi connectivity index (χ2n) is 14.5. The average Bonchev–Trinajstić information content (AvgIpc) is 3.82. The second kappa shape index (κ2) is 20.6. The van der Waals surface area contributed by atoms with Gasteiger partial charge in [0, 0.05) is 28.4 Å². The van der Waals surface area contributed by atoms with Gasteiger partial charge >= 0.3 is 17.9 Å². The summed E-state index contributed by atoms with van der Waals surface area (Å²) in [5.74, 6) is -2.98. The Morgan fingerprint density at radius 2 is 1.36 bits per heavy atom. The number of halogens is 1. The van der Waals surface area contributed by atoms with Crippen molar-refractivity contribution in [3.63, 3.8) is 0 Å². The number of carbonyl (C=O) groups excluding carboxylic acids is 3. The highest BCUT2D eigenvalue weighted by atomic mass is 32.9. The number of amides is 1. The maximum absolute atomic E-state index is 14.5. The molecule has 0 fully saturated rings. The average molecular weight is 883 g/mol. The Hall–Kier alpha value is -5.84. The quantitative estimate of drug-likeness (QED) is 0.0283. The molecule has 0 spiro atoms. The summed E-state index contributed by atoms with van der Waals surface area (Å²) >= 11 is 5.20. The van der Waals surface area contributed by atoms with Crippen molar-refractivity contribution in [2.45, 2.75) is 70.6 Å². The van der Waals surface area contributed by atoms with E-state index in [9.17, 15) is 33.8 Å². The van der Waals surface area contributed by atoms with Gasteiger partial charge in [0.05, 0.1) is 42.7 Å². The summed E-state index contributed by atoms with van der Waals surface area (Å²) in [6, 6.07) is 30.3. The zero-order chi connectivity index (χ0) is 43.6. The molecule has 6 rings (SSSR count). The highest BCUT2D eigenvalue weighted by molar-refractivity contribution is 7.80. The van der Waals surface area contributed by atoms with Gasteiger partial charge in [-0.05, 0) is 114 Å². The van der Waals surface area contributed by atoms with Crippen molar-refractivity contribution in [3.8, 4) is 44.3 Å². The monoisotopic (exact) mass is 882 g/mol. The molecule has 2 heterocycles. The van der Waals surface area contributed by atoms with Crippen LogP contribution >= 0.6 is 32.9 Å². The molecule has 0 radical (unpaired) electrons. The number of carbonyl (C=O) groups is 4. The highest BCUT2D eigenvalue weighted by Gasteiger charge is 2.31. The van der Waals surface area contributed by atoms with Gasteiger partial charge in [-0.1, -0.05) is 77.1 Å². The highest BCUT2D eigenvalue weighted by Crippen LogP contribution is 2.43. The molecule has 6 aromatic rings. The summed E-state index contributed by atoms with van der Waals surface area (Å²) in [6.45, 7) is 4.05. The van der Waals surface area contributed by atoms with Crippen LogP contribution in [0.5, 0.6) is 11.5 Å². The third kappa shape index (κ3) is 11.9. The number of aliphatic hydroxyl groups is 2. The summed E-state index contributed by atoms with van der Waals surface area (Å²) in [7, 11) is 3.08. The van der Waals surface area contributed by atoms with E-state index in [0.29, 0.717) is 39.5 Å². The van der Waals surface area contributed by atoms with Gasteiger partial charge in [0.2, 0.25) is 0 Å².